The van der Waals surface area contributed by atoms with E-state index in [-0.39, 0.29) is 5.91 Å². The fraction of sp³-hybridized carbons (Fsp3) is 0.952. The van der Waals surface area contributed by atoms with Crippen LogP contribution < -0.4 is 10.6 Å². The van der Waals surface area contributed by atoms with Gasteiger partial charge in [0.2, 0.25) is 5.91 Å². The Hall–Kier alpha value is -0.690. The summed E-state index contributed by atoms with van der Waals surface area (Å²) in [6, 6.07) is 0.569. The van der Waals surface area contributed by atoms with Crippen LogP contribution in [-0.4, -0.2) is 64.7 Å². The van der Waals surface area contributed by atoms with Crippen molar-refractivity contribution in [1.29, 1.82) is 0 Å². The zero-order chi connectivity index (χ0) is 20.0. The minimum Gasteiger partial charge on any atom is -0.379 e. The second-order valence-electron chi connectivity index (χ2n) is 7.17. The zero-order valence-corrected chi connectivity index (χ0v) is 18.0. The Morgan fingerprint density at radius 2 is 1.33 bits per heavy atom. The summed E-state index contributed by atoms with van der Waals surface area (Å²) >= 11 is 0. The molecule has 0 aliphatic rings. The molecule has 2 N–H and O–H groups in total. The summed E-state index contributed by atoms with van der Waals surface area (Å²) < 4.78 is 16.4. The molecule has 0 aliphatic carbocycles. The van der Waals surface area contributed by atoms with Gasteiger partial charge >= 0.3 is 0 Å². The quantitative estimate of drug-likeness (QED) is 0.295. The van der Waals surface area contributed by atoms with Gasteiger partial charge in [0.1, 0.15) is 0 Å². The molecule has 0 atom stereocenters. The Morgan fingerprint density at radius 3 is 2.00 bits per heavy atom. The third kappa shape index (κ3) is 23.3. The van der Waals surface area contributed by atoms with Crippen LogP contribution in [0.1, 0.15) is 72.1 Å². The molecular weight excluding hydrogens is 344 g/mol. The Kier molecular flexibility index (Phi) is 21.1. The van der Waals surface area contributed by atoms with Crippen molar-refractivity contribution >= 4 is 5.91 Å². The predicted octanol–water partition coefficient (Wildman–Crippen LogP) is 3.29. The lowest BCUT2D eigenvalue weighted by Crippen LogP contribution is -2.25. The van der Waals surface area contributed by atoms with Gasteiger partial charge in [-0.3, -0.25) is 4.79 Å². The minimum absolute atomic E-state index is 0.0702. The van der Waals surface area contributed by atoms with E-state index in [4.69, 9.17) is 14.2 Å². The first-order valence-corrected chi connectivity index (χ1v) is 10.9. The molecule has 0 unspecified atom stereocenters. The van der Waals surface area contributed by atoms with E-state index in [0.717, 1.165) is 32.5 Å². The van der Waals surface area contributed by atoms with Crippen LogP contribution in [-0.2, 0) is 19.0 Å². The molecule has 1 amide bonds. The zero-order valence-electron chi connectivity index (χ0n) is 18.0. The molecule has 0 aromatic carbocycles. The topological polar surface area (TPSA) is 68.8 Å². The van der Waals surface area contributed by atoms with Crippen LogP contribution in [0.15, 0.2) is 0 Å². The summed E-state index contributed by atoms with van der Waals surface area (Å²) in [6.07, 6.45) is 8.61. The second kappa shape index (κ2) is 21.6. The largest absolute Gasteiger partial charge is 0.379 e. The number of carbonyl (C=O) groups excluding carboxylic acids is 1. The standard InChI is InChI=1S/C21H44N2O4/c1-4-5-6-8-13-23-21(24)11-15-26-17-19-27-18-16-25-14-10-7-9-12-22-20(2)3/h20,22H,4-19H2,1-3H3,(H,23,24). The first-order chi connectivity index (χ1) is 13.2. The van der Waals surface area contributed by atoms with Gasteiger partial charge in [0.25, 0.3) is 0 Å². The maximum atomic E-state index is 11.6. The Morgan fingerprint density at radius 1 is 0.741 bits per heavy atom. The second-order valence-corrected chi connectivity index (χ2v) is 7.17. The molecule has 0 bridgehead atoms. The molecule has 0 saturated carbocycles. The van der Waals surface area contributed by atoms with Crippen molar-refractivity contribution in [3.05, 3.63) is 0 Å². The van der Waals surface area contributed by atoms with Gasteiger partial charge in [-0.2, -0.15) is 0 Å². The fourth-order valence-electron chi connectivity index (χ4n) is 2.47. The molecular formula is C21H44N2O4. The highest BCUT2D eigenvalue weighted by molar-refractivity contribution is 5.75. The predicted molar refractivity (Wildman–Crippen MR) is 111 cm³/mol. The van der Waals surface area contributed by atoms with Crippen LogP contribution in [0, 0.1) is 0 Å². The number of rotatable bonds is 21. The Balaban J connectivity index is 3.11. The van der Waals surface area contributed by atoms with Gasteiger partial charge in [0.15, 0.2) is 0 Å². The van der Waals surface area contributed by atoms with E-state index in [0.29, 0.717) is 45.5 Å². The van der Waals surface area contributed by atoms with E-state index in [1.807, 2.05) is 0 Å². The molecule has 6 heteroatoms. The van der Waals surface area contributed by atoms with Crippen LogP contribution in [0.4, 0.5) is 0 Å². The number of nitrogens with one attached hydrogen (secondary N) is 2. The van der Waals surface area contributed by atoms with E-state index in [1.165, 1.54) is 32.1 Å². The number of hydrogen-bond acceptors (Lipinski definition) is 5. The normalized spacial score (nSPS) is 11.3. The molecule has 6 nitrogen and oxygen atoms in total. The lowest BCUT2D eigenvalue weighted by molar-refractivity contribution is -0.122. The fourth-order valence-corrected chi connectivity index (χ4v) is 2.47. The summed E-state index contributed by atoms with van der Waals surface area (Å²) in [4.78, 5) is 11.6. The van der Waals surface area contributed by atoms with Crippen molar-refractivity contribution in [3.63, 3.8) is 0 Å². The summed E-state index contributed by atoms with van der Waals surface area (Å²) in [7, 11) is 0. The lowest BCUT2D eigenvalue weighted by atomic mass is 10.2. The molecule has 0 aromatic rings. The van der Waals surface area contributed by atoms with Crippen molar-refractivity contribution in [1.82, 2.24) is 10.6 Å². The monoisotopic (exact) mass is 388 g/mol. The molecule has 0 heterocycles. The van der Waals surface area contributed by atoms with Gasteiger partial charge in [-0.25, -0.2) is 0 Å². The molecule has 0 saturated heterocycles. The summed E-state index contributed by atoms with van der Waals surface area (Å²) in [5.74, 6) is 0.0702. The van der Waals surface area contributed by atoms with E-state index in [1.54, 1.807) is 0 Å². The SMILES string of the molecule is CCCCCCNC(=O)CCOCCOCCOCCCCCNC(C)C. The highest BCUT2D eigenvalue weighted by Crippen LogP contribution is 1.97. The molecule has 0 aliphatic heterocycles. The number of carbonyl (C=O) groups is 1. The van der Waals surface area contributed by atoms with E-state index >= 15 is 0 Å². The van der Waals surface area contributed by atoms with E-state index < -0.39 is 0 Å². The first-order valence-electron chi connectivity index (χ1n) is 10.9. The first kappa shape index (κ1) is 26.3. The highest BCUT2D eigenvalue weighted by Gasteiger charge is 2.00. The molecule has 0 fully saturated rings. The highest BCUT2D eigenvalue weighted by atomic mass is 16.5. The van der Waals surface area contributed by atoms with Crippen molar-refractivity contribution in [2.24, 2.45) is 0 Å². The maximum absolute atomic E-state index is 11.6. The van der Waals surface area contributed by atoms with Crippen LogP contribution >= 0.6 is 0 Å². The minimum atomic E-state index is 0.0702. The van der Waals surface area contributed by atoms with E-state index in [2.05, 4.69) is 31.4 Å². The molecule has 0 spiro atoms. The average Bonchev–Trinajstić information content (AvgIpc) is 2.64. The van der Waals surface area contributed by atoms with Crippen LogP contribution in [0.5, 0.6) is 0 Å². The summed E-state index contributed by atoms with van der Waals surface area (Å²) in [5.41, 5.74) is 0. The smallest absolute Gasteiger partial charge is 0.222 e. The third-order valence-corrected chi connectivity index (χ3v) is 4.09. The number of unbranched alkanes of at least 4 members (excludes halogenated alkanes) is 5. The number of hydrogen-bond donors (Lipinski definition) is 2. The molecule has 162 valence electrons. The Labute approximate surface area is 167 Å². The van der Waals surface area contributed by atoms with Gasteiger partial charge in [0.05, 0.1) is 33.0 Å². The summed E-state index contributed by atoms with van der Waals surface area (Å²) in [6.45, 7) is 11.9. The average molecular weight is 389 g/mol. The van der Waals surface area contributed by atoms with Gasteiger partial charge in [0, 0.05) is 25.6 Å². The van der Waals surface area contributed by atoms with Crippen molar-refractivity contribution in [2.75, 3.05) is 52.7 Å². The van der Waals surface area contributed by atoms with Gasteiger partial charge in [-0.1, -0.05) is 40.0 Å². The van der Waals surface area contributed by atoms with Crippen LogP contribution in [0.25, 0.3) is 0 Å². The van der Waals surface area contributed by atoms with Crippen LogP contribution in [0.2, 0.25) is 0 Å². The molecule has 0 rings (SSSR count). The van der Waals surface area contributed by atoms with Crippen LogP contribution in [0.3, 0.4) is 0 Å². The Bertz CT molecular complexity index is 315. The third-order valence-electron chi connectivity index (χ3n) is 4.09. The molecule has 0 radical (unpaired) electrons. The summed E-state index contributed by atoms with van der Waals surface area (Å²) in [5, 5.41) is 6.33. The van der Waals surface area contributed by atoms with Crippen molar-refractivity contribution < 1.29 is 19.0 Å². The van der Waals surface area contributed by atoms with Gasteiger partial charge < -0.3 is 24.8 Å². The molecule has 27 heavy (non-hydrogen) atoms. The maximum Gasteiger partial charge on any atom is 0.222 e. The van der Waals surface area contributed by atoms with Gasteiger partial charge in [-0.15, -0.1) is 0 Å². The van der Waals surface area contributed by atoms with Crippen molar-refractivity contribution in [3.8, 4) is 0 Å². The van der Waals surface area contributed by atoms with Gasteiger partial charge in [-0.05, 0) is 32.2 Å². The van der Waals surface area contributed by atoms with E-state index in [9.17, 15) is 4.79 Å². The number of amides is 1. The number of ether oxygens (including phenoxy) is 3. The molecule has 0 aromatic heterocycles. The lowest BCUT2D eigenvalue weighted by Gasteiger charge is -2.08. The van der Waals surface area contributed by atoms with Crippen molar-refractivity contribution in [2.45, 2.75) is 78.2 Å².